The first-order chi connectivity index (χ1) is 17.2. The highest BCUT2D eigenvalue weighted by Gasteiger charge is 2.30. The molecular weight excluding hydrogens is 465 g/mol. The summed E-state index contributed by atoms with van der Waals surface area (Å²) >= 11 is 0. The highest BCUT2D eigenvalue weighted by atomic mass is 16.5. The Morgan fingerprint density at radius 2 is 1.69 bits per heavy atom. The second kappa shape index (κ2) is 17.3. The second-order valence-electron chi connectivity index (χ2n) is 8.60. The molecule has 1 aromatic carbocycles. The molecule has 3 atom stereocenters. The molecule has 0 aliphatic heterocycles. The van der Waals surface area contributed by atoms with Crippen LogP contribution in [0.5, 0.6) is 5.75 Å². The first kappa shape index (κ1) is 30.9. The average molecular weight is 503 g/mol. The van der Waals surface area contributed by atoms with Crippen LogP contribution >= 0.6 is 0 Å². The van der Waals surface area contributed by atoms with E-state index in [0.29, 0.717) is 25.2 Å². The molecule has 10 nitrogen and oxygen atoms in total. The van der Waals surface area contributed by atoms with Gasteiger partial charge >= 0.3 is 5.97 Å². The third-order valence-corrected chi connectivity index (χ3v) is 5.06. The molecule has 11 heteroatoms. The van der Waals surface area contributed by atoms with Gasteiger partial charge in [-0.3, -0.25) is 9.59 Å². The summed E-state index contributed by atoms with van der Waals surface area (Å²) < 4.78 is 16.0. The number of nitrogens with two attached hydrogens (primary N) is 1. The number of rotatable bonds is 19. The normalized spacial score (nSPS) is 13.2. The van der Waals surface area contributed by atoms with Crippen LogP contribution in [0.4, 0.5) is 0 Å². The predicted octanol–water partition coefficient (Wildman–Crippen LogP) is 1.17. The summed E-state index contributed by atoms with van der Waals surface area (Å²) in [6, 6.07) is 5.09. The van der Waals surface area contributed by atoms with E-state index in [0.717, 1.165) is 5.56 Å². The second-order valence-corrected chi connectivity index (χ2v) is 8.60. The summed E-state index contributed by atoms with van der Waals surface area (Å²) in [6.45, 7) is 11.2. The van der Waals surface area contributed by atoms with Crippen molar-refractivity contribution in [3.05, 3.63) is 55.1 Å². The minimum absolute atomic E-state index is 0.0558. The Balaban J connectivity index is 2.94. The number of ether oxygens (including phenoxy) is 2. The molecule has 1 rings (SSSR count). The average Bonchev–Trinajstić information content (AvgIpc) is 2.84. The van der Waals surface area contributed by atoms with Crippen molar-refractivity contribution in [2.45, 2.75) is 44.6 Å². The van der Waals surface area contributed by atoms with Gasteiger partial charge in [0.25, 0.3) is 7.48 Å². The third-order valence-electron chi connectivity index (χ3n) is 5.06. The van der Waals surface area contributed by atoms with Crippen LogP contribution in [0.15, 0.2) is 49.6 Å². The molecule has 198 valence electrons. The van der Waals surface area contributed by atoms with Gasteiger partial charge in [-0.05, 0) is 36.5 Å². The van der Waals surface area contributed by atoms with Gasteiger partial charge < -0.3 is 35.6 Å². The van der Waals surface area contributed by atoms with E-state index >= 15 is 0 Å². The fraction of sp³-hybridized carbons (Fsp3) is 0.480. The molecule has 5 N–H and O–H groups in total. The molecule has 2 amide bonds. The van der Waals surface area contributed by atoms with Crippen molar-refractivity contribution in [1.29, 1.82) is 0 Å². The maximum Gasteiger partial charge on any atom is 0.328 e. The van der Waals surface area contributed by atoms with Crippen molar-refractivity contribution in [3.8, 4) is 5.75 Å². The standard InChI is InChI=1S/C25H38BN3O7/c1-5-11-34-15-22(25(32)33)29-24(31)21(13-17(3)4)28-23(30)20(26-36-16-27)14-18-7-9-19(10-8-18)35-12-6-2/h5-10,17,20-22,26H,1-2,11-16,27H2,3-4H3,(H,28,30)(H,29,31)(H,32,33)/t20-,21-,22-/m0/s1. The molecule has 0 saturated heterocycles. The van der Waals surface area contributed by atoms with Crippen molar-refractivity contribution < 1.29 is 33.6 Å². The molecule has 0 fully saturated rings. The predicted molar refractivity (Wildman–Crippen MR) is 139 cm³/mol. The van der Waals surface area contributed by atoms with Crippen LogP contribution in [-0.4, -0.2) is 69.0 Å². The van der Waals surface area contributed by atoms with Crippen LogP contribution in [-0.2, 0) is 30.2 Å². The van der Waals surface area contributed by atoms with Gasteiger partial charge in [0, 0.05) is 5.82 Å². The zero-order valence-electron chi connectivity index (χ0n) is 21.1. The zero-order valence-corrected chi connectivity index (χ0v) is 21.1. The van der Waals surface area contributed by atoms with E-state index in [-0.39, 0.29) is 33.3 Å². The molecular formula is C25H38BN3O7. The van der Waals surface area contributed by atoms with Gasteiger partial charge in [-0.15, -0.1) is 6.58 Å². The summed E-state index contributed by atoms with van der Waals surface area (Å²) in [5.74, 6) is -2.13. The number of nitrogens with one attached hydrogen (secondary N) is 2. The van der Waals surface area contributed by atoms with E-state index in [1.54, 1.807) is 18.2 Å². The lowest BCUT2D eigenvalue weighted by Crippen LogP contribution is -2.54. The van der Waals surface area contributed by atoms with Crippen LogP contribution in [0.2, 0.25) is 5.82 Å². The number of hydrogen-bond donors (Lipinski definition) is 4. The van der Waals surface area contributed by atoms with Crippen molar-refractivity contribution in [2.24, 2.45) is 11.7 Å². The molecule has 0 heterocycles. The number of amides is 2. The molecule has 0 radical (unpaired) electrons. The summed E-state index contributed by atoms with van der Waals surface area (Å²) in [5.41, 5.74) is 6.34. The number of carbonyl (C=O) groups excluding carboxylic acids is 2. The summed E-state index contributed by atoms with van der Waals surface area (Å²) in [7, 11) is 0.0558. The Morgan fingerprint density at radius 3 is 2.25 bits per heavy atom. The summed E-state index contributed by atoms with van der Waals surface area (Å²) in [5, 5.41) is 14.7. The van der Waals surface area contributed by atoms with E-state index in [1.165, 1.54) is 6.08 Å². The van der Waals surface area contributed by atoms with Gasteiger partial charge in [0.1, 0.15) is 18.4 Å². The van der Waals surface area contributed by atoms with E-state index < -0.39 is 35.7 Å². The largest absolute Gasteiger partial charge is 0.490 e. The Kier molecular flexibility index (Phi) is 14.9. The Morgan fingerprint density at radius 1 is 1.06 bits per heavy atom. The fourth-order valence-corrected chi connectivity index (χ4v) is 3.31. The number of carboxylic acids is 1. The Bertz CT molecular complexity index is 849. The summed E-state index contributed by atoms with van der Waals surface area (Å²) in [4.78, 5) is 37.7. The highest BCUT2D eigenvalue weighted by Crippen LogP contribution is 2.19. The number of benzene rings is 1. The molecule has 0 aliphatic rings. The molecule has 0 spiro atoms. The maximum absolute atomic E-state index is 13.2. The number of hydrogen-bond acceptors (Lipinski definition) is 7. The first-order valence-electron chi connectivity index (χ1n) is 11.8. The van der Waals surface area contributed by atoms with Crippen molar-refractivity contribution in [2.75, 3.05) is 26.6 Å². The van der Waals surface area contributed by atoms with Crippen LogP contribution in [0, 0.1) is 5.92 Å². The number of carboxylic acid groups (broad SMARTS) is 1. The monoisotopic (exact) mass is 503 g/mol. The van der Waals surface area contributed by atoms with Gasteiger partial charge in [-0.25, -0.2) is 4.79 Å². The van der Waals surface area contributed by atoms with Gasteiger partial charge in [0.2, 0.25) is 11.8 Å². The molecule has 0 aromatic heterocycles. The van der Waals surface area contributed by atoms with Crippen molar-refractivity contribution >= 4 is 25.3 Å². The van der Waals surface area contributed by atoms with Gasteiger partial charge in [0.05, 0.1) is 19.9 Å². The summed E-state index contributed by atoms with van der Waals surface area (Å²) in [6.07, 6.45) is 3.79. The topological polar surface area (TPSA) is 149 Å². The minimum atomic E-state index is -1.26. The SMILES string of the molecule is C=CCOC[C@H](NC(=O)[C@H](CC(C)C)NC(=O)[C@@H](BOCN)Cc1ccc(OCC=C)cc1)C(=O)O. The smallest absolute Gasteiger partial charge is 0.328 e. The number of aliphatic carboxylic acids is 1. The molecule has 0 bridgehead atoms. The van der Waals surface area contributed by atoms with Crippen LogP contribution < -0.4 is 21.1 Å². The first-order valence-corrected chi connectivity index (χ1v) is 11.8. The van der Waals surface area contributed by atoms with Gasteiger partial charge in [-0.1, -0.05) is 44.7 Å². The highest BCUT2D eigenvalue weighted by molar-refractivity contribution is 6.37. The Labute approximate surface area is 213 Å². The number of carbonyl (C=O) groups is 3. The van der Waals surface area contributed by atoms with Crippen molar-refractivity contribution in [3.63, 3.8) is 0 Å². The van der Waals surface area contributed by atoms with E-state index in [9.17, 15) is 19.5 Å². The lowest BCUT2D eigenvalue weighted by molar-refractivity contribution is -0.144. The maximum atomic E-state index is 13.2. The quantitative estimate of drug-likeness (QED) is 0.0952. The minimum Gasteiger partial charge on any atom is -0.490 e. The third kappa shape index (κ3) is 12.0. The molecule has 0 aliphatic carbocycles. The zero-order chi connectivity index (χ0) is 26.9. The van der Waals surface area contributed by atoms with Crippen LogP contribution in [0.3, 0.4) is 0 Å². The van der Waals surface area contributed by atoms with E-state index in [1.807, 2.05) is 26.0 Å². The Hall–Kier alpha value is -3.15. The fourth-order valence-electron chi connectivity index (χ4n) is 3.31. The van der Waals surface area contributed by atoms with E-state index in [4.69, 9.17) is 19.9 Å². The lowest BCUT2D eigenvalue weighted by atomic mass is 9.75. The molecule has 36 heavy (non-hydrogen) atoms. The molecule has 0 unspecified atom stereocenters. The molecule has 1 aromatic rings. The van der Waals surface area contributed by atoms with Gasteiger partial charge in [-0.2, -0.15) is 0 Å². The lowest BCUT2D eigenvalue weighted by Gasteiger charge is -2.25. The van der Waals surface area contributed by atoms with Gasteiger partial charge in [0.15, 0.2) is 6.04 Å². The van der Waals surface area contributed by atoms with Crippen LogP contribution in [0.1, 0.15) is 25.8 Å². The van der Waals surface area contributed by atoms with Crippen LogP contribution in [0.25, 0.3) is 0 Å². The molecule has 0 saturated carbocycles. The van der Waals surface area contributed by atoms with Crippen molar-refractivity contribution in [1.82, 2.24) is 10.6 Å². The van der Waals surface area contributed by atoms with E-state index in [2.05, 4.69) is 23.8 Å².